The van der Waals surface area contributed by atoms with Crippen molar-refractivity contribution >= 4 is 41.2 Å². The Morgan fingerprint density at radius 2 is 1.95 bits per heavy atom. The molecule has 3 N–H and O–H groups in total. The van der Waals surface area contributed by atoms with Gasteiger partial charge in [-0.3, -0.25) is 9.79 Å². The van der Waals surface area contributed by atoms with Crippen LogP contribution < -0.4 is 10.6 Å². The van der Waals surface area contributed by atoms with Gasteiger partial charge in [0.25, 0.3) is 0 Å². The first kappa shape index (κ1) is 31.9. The minimum atomic E-state index is -0.956. The molecule has 1 aromatic carbocycles. The lowest BCUT2D eigenvalue weighted by molar-refractivity contribution is -0.0980. The van der Waals surface area contributed by atoms with Crippen LogP contribution in [0.5, 0.6) is 0 Å². The fraction of sp³-hybridized carbons (Fsp3) is 0.250. The quantitative estimate of drug-likeness (QED) is 0.173. The SMILES string of the molecule is C=O.CN=C(C)Nc1scc(COCc2ccc(C(=O)O)cc2)c1C=O.CNCC1=C=CC(OC)=CC=C1. The zero-order valence-corrected chi connectivity index (χ0v) is 22.8. The second kappa shape index (κ2) is 18.2. The number of nitrogens with one attached hydrogen (secondary N) is 2. The molecule has 0 atom stereocenters. The monoisotopic (exact) mass is 539 g/mol. The molecule has 2 aromatic rings. The predicted molar refractivity (Wildman–Crippen MR) is 151 cm³/mol. The van der Waals surface area contributed by atoms with Gasteiger partial charge in [-0.1, -0.05) is 18.2 Å². The first-order chi connectivity index (χ1) is 18.4. The smallest absolute Gasteiger partial charge is 0.335 e. The van der Waals surface area contributed by atoms with E-state index in [4.69, 9.17) is 19.4 Å². The van der Waals surface area contributed by atoms with Gasteiger partial charge in [0.1, 0.15) is 17.5 Å². The summed E-state index contributed by atoms with van der Waals surface area (Å²) in [6.45, 7) is 5.30. The van der Waals surface area contributed by atoms with Crippen LogP contribution in [0.25, 0.3) is 0 Å². The van der Waals surface area contributed by atoms with Gasteiger partial charge >= 0.3 is 5.97 Å². The number of amidine groups is 1. The van der Waals surface area contributed by atoms with Crippen LogP contribution in [-0.4, -0.2) is 57.7 Å². The molecular weight excluding hydrogens is 506 g/mol. The number of hydrogen-bond donors (Lipinski definition) is 3. The number of hydrogen-bond acceptors (Lipinski definition) is 8. The van der Waals surface area contributed by atoms with Gasteiger partial charge in [0.15, 0.2) is 6.29 Å². The number of ether oxygens (including phenoxy) is 2. The molecule has 0 fully saturated rings. The van der Waals surface area contributed by atoms with E-state index in [-0.39, 0.29) is 5.56 Å². The molecule has 1 aliphatic carbocycles. The highest BCUT2D eigenvalue weighted by atomic mass is 32.1. The van der Waals surface area contributed by atoms with Crippen LogP contribution in [-0.2, 0) is 27.5 Å². The molecule has 0 radical (unpaired) electrons. The van der Waals surface area contributed by atoms with Crippen molar-refractivity contribution in [2.75, 3.05) is 33.1 Å². The zero-order valence-electron chi connectivity index (χ0n) is 21.9. The number of thiophene rings is 1. The number of anilines is 1. The Morgan fingerprint density at radius 1 is 1.24 bits per heavy atom. The number of rotatable bonds is 10. The van der Waals surface area contributed by atoms with E-state index in [9.17, 15) is 9.59 Å². The van der Waals surface area contributed by atoms with E-state index >= 15 is 0 Å². The van der Waals surface area contributed by atoms with E-state index in [2.05, 4.69) is 21.4 Å². The van der Waals surface area contributed by atoms with Crippen LogP contribution in [0.1, 0.15) is 38.8 Å². The van der Waals surface area contributed by atoms with Gasteiger partial charge in [-0.15, -0.1) is 17.1 Å². The molecule has 0 amide bonds. The molecule has 0 spiro atoms. The van der Waals surface area contributed by atoms with Crippen molar-refractivity contribution in [3.63, 3.8) is 0 Å². The van der Waals surface area contributed by atoms with Crippen molar-refractivity contribution in [2.24, 2.45) is 4.99 Å². The van der Waals surface area contributed by atoms with Gasteiger partial charge in [0.05, 0.1) is 37.3 Å². The number of methoxy groups -OCH3 is 1. The molecule has 38 heavy (non-hydrogen) atoms. The van der Waals surface area contributed by atoms with E-state index < -0.39 is 5.97 Å². The van der Waals surface area contributed by atoms with Crippen LogP contribution in [0.2, 0.25) is 0 Å². The van der Waals surface area contributed by atoms with Gasteiger partial charge < -0.3 is 30.0 Å². The summed E-state index contributed by atoms with van der Waals surface area (Å²) in [4.78, 5) is 34.1. The third-order valence-electron chi connectivity index (χ3n) is 4.95. The standard InChI is InChI=1S/C17H18N2O4S.C10H13NO.CH2O/c1-11(18-2)19-16-15(7-20)14(10-24-16)9-23-8-12-3-5-13(6-4-12)17(21)22;1-11-8-9-4-3-5-10(12-2)7-6-9;1-2/h3-7,10H,8-9H2,1-2H3,(H,18,19)(H,21,22);3-5,7,11H,8H2,1-2H3;1H2. The van der Waals surface area contributed by atoms with Crippen molar-refractivity contribution in [2.45, 2.75) is 20.1 Å². The minimum absolute atomic E-state index is 0.239. The summed E-state index contributed by atoms with van der Waals surface area (Å²) in [7, 11) is 5.25. The van der Waals surface area contributed by atoms with E-state index in [1.807, 2.05) is 50.4 Å². The first-order valence-electron chi connectivity index (χ1n) is 11.4. The lowest BCUT2D eigenvalue weighted by Crippen LogP contribution is -2.08. The summed E-state index contributed by atoms with van der Waals surface area (Å²) in [5.41, 5.74) is 6.75. The maximum Gasteiger partial charge on any atom is 0.335 e. The Labute approximate surface area is 226 Å². The van der Waals surface area contributed by atoms with Crippen molar-refractivity contribution < 1.29 is 29.0 Å². The number of nitrogens with zero attached hydrogens (tertiary/aromatic N) is 1. The number of carbonyl (C=O) groups excluding carboxylic acids is 2. The highest BCUT2D eigenvalue weighted by Crippen LogP contribution is 2.27. The van der Waals surface area contributed by atoms with Gasteiger partial charge in [0.2, 0.25) is 0 Å². The van der Waals surface area contributed by atoms with Crippen LogP contribution in [0.3, 0.4) is 0 Å². The number of aromatic carboxylic acids is 1. The third-order valence-corrected chi connectivity index (χ3v) is 5.91. The second-order valence-corrected chi connectivity index (χ2v) is 8.41. The maximum atomic E-state index is 11.3. The Kier molecular flexibility index (Phi) is 15.3. The molecule has 0 saturated carbocycles. The number of likely N-dealkylation sites (N-methyl/N-ethyl adjacent to an activating group) is 1. The average molecular weight is 540 g/mol. The highest BCUT2D eigenvalue weighted by molar-refractivity contribution is 7.15. The molecule has 10 heteroatoms. The summed E-state index contributed by atoms with van der Waals surface area (Å²) in [6.07, 6.45) is 8.53. The number of allylic oxidation sites excluding steroid dienone is 3. The van der Waals surface area contributed by atoms with Gasteiger partial charge in [0, 0.05) is 30.8 Å². The van der Waals surface area contributed by atoms with Crippen LogP contribution in [0, 0.1) is 0 Å². The maximum absolute atomic E-state index is 11.3. The summed E-state index contributed by atoms with van der Waals surface area (Å²) in [6, 6.07) is 6.51. The summed E-state index contributed by atoms with van der Waals surface area (Å²) < 4.78 is 10.7. The highest BCUT2D eigenvalue weighted by Gasteiger charge is 2.12. The molecule has 0 bridgehead atoms. The topological polar surface area (TPSA) is 126 Å². The van der Waals surface area contributed by atoms with Crippen LogP contribution >= 0.6 is 11.3 Å². The van der Waals surface area contributed by atoms with Gasteiger partial charge in [-0.2, -0.15) is 0 Å². The first-order valence-corrected chi connectivity index (χ1v) is 12.3. The van der Waals surface area contributed by atoms with Crippen molar-refractivity contribution in [3.8, 4) is 0 Å². The second-order valence-electron chi connectivity index (χ2n) is 7.53. The van der Waals surface area contributed by atoms with E-state index in [1.165, 1.54) is 23.5 Å². The van der Waals surface area contributed by atoms with Gasteiger partial charge in [-0.05, 0) is 49.2 Å². The largest absolute Gasteiger partial charge is 0.496 e. The number of carboxylic acids is 1. The molecule has 3 rings (SSSR count). The van der Waals surface area contributed by atoms with Crippen molar-refractivity contribution in [3.05, 3.63) is 93.3 Å². The van der Waals surface area contributed by atoms with Crippen LogP contribution in [0.15, 0.2) is 76.0 Å². The molecule has 1 heterocycles. The summed E-state index contributed by atoms with van der Waals surface area (Å²) in [5.74, 6) is 0.602. The van der Waals surface area contributed by atoms with Gasteiger partial charge in [-0.25, -0.2) is 4.79 Å². The number of carboxylic acid groups (broad SMARTS) is 1. The number of carbonyl (C=O) groups is 3. The molecule has 202 valence electrons. The molecule has 1 aliphatic rings. The lowest BCUT2D eigenvalue weighted by Gasteiger charge is -2.06. The minimum Gasteiger partial charge on any atom is -0.496 e. The molecular formula is C28H33N3O6S. The Morgan fingerprint density at radius 3 is 2.53 bits per heavy atom. The summed E-state index contributed by atoms with van der Waals surface area (Å²) >= 11 is 1.43. The summed E-state index contributed by atoms with van der Waals surface area (Å²) in [5, 5.41) is 17.6. The Bertz CT molecular complexity index is 1210. The Hall–Kier alpha value is -4.08. The number of aliphatic imine (C=N–C) groups is 1. The zero-order chi connectivity index (χ0) is 28.3. The lowest BCUT2D eigenvalue weighted by atomic mass is 10.1. The van der Waals surface area contributed by atoms with E-state index in [0.29, 0.717) is 18.8 Å². The average Bonchev–Trinajstić information content (AvgIpc) is 3.17. The molecule has 0 saturated heterocycles. The Balaban J connectivity index is 0.000000432. The molecule has 9 nitrogen and oxygen atoms in total. The van der Waals surface area contributed by atoms with Crippen molar-refractivity contribution in [1.82, 2.24) is 5.32 Å². The molecule has 0 aliphatic heterocycles. The third kappa shape index (κ3) is 10.9. The fourth-order valence-corrected chi connectivity index (χ4v) is 3.90. The molecule has 0 unspecified atom stereocenters. The predicted octanol–water partition coefficient (Wildman–Crippen LogP) is 4.64. The van der Waals surface area contributed by atoms with E-state index in [1.54, 1.807) is 26.3 Å². The normalized spacial score (nSPS) is 12.1. The van der Waals surface area contributed by atoms with Crippen LogP contribution in [0.4, 0.5) is 5.00 Å². The van der Waals surface area contributed by atoms with Crippen molar-refractivity contribution in [1.29, 1.82) is 0 Å². The fourth-order valence-electron chi connectivity index (χ4n) is 2.93. The molecule has 1 aromatic heterocycles. The van der Waals surface area contributed by atoms with E-state index in [0.717, 1.165) is 46.1 Å². The number of aldehydes is 1. The number of benzene rings is 1.